The molecular weight excluding hydrogens is 200 g/mol. The predicted octanol–water partition coefficient (Wildman–Crippen LogP) is 1.74. The summed E-state index contributed by atoms with van der Waals surface area (Å²) in [4.78, 5) is 10.0. The molecule has 0 bridgehead atoms. The fraction of sp³-hybridized carbons (Fsp3) is 0.333. The smallest absolute Gasteiger partial charge is 0.308 e. The summed E-state index contributed by atoms with van der Waals surface area (Å²) in [6.07, 6.45) is 1.93. The lowest BCUT2D eigenvalue weighted by atomic mass is 10.1. The van der Waals surface area contributed by atoms with Crippen LogP contribution in [0.25, 0.3) is 11.0 Å². The van der Waals surface area contributed by atoms with Crippen molar-refractivity contribution in [2.45, 2.75) is 19.8 Å². The Kier molecular flexibility index (Phi) is 2.07. The maximum atomic E-state index is 6.02. The van der Waals surface area contributed by atoms with E-state index in [9.17, 15) is 0 Å². The van der Waals surface area contributed by atoms with Crippen LogP contribution in [-0.2, 0) is 0 Å². The van der Waals surface area contributed by atoms with Gasteiger partial charge in [0.05, 0.1) is 5.39 Å². The quantitative estimate of drug-likeness (QED) is 0.706. The zero-order chi connectivity index (χ0) is 10.3. The first kappa shape index (κ1) is 9.27. The molecule has 2 aromatic heterocycles. The summed E-state index contributed by atoms with van der Waals surface area (Å²) in [5.41, 5.74) is 7.51. The van der Waals surface area contributed by atoms with Crippen molar-refractivity contribution >= 4 is 28.6 Å². The number of nitrogens with one attached hydrogen (secondary N) is 2. The Balaban J connectivity index is 2.79. The molecule has 0 aliphatic heterocycles. The summed E-state index contributed by atoms with van der Waals surface area (Å²) in [5, 5.41) is 1.37. The van der Waals surface area contributed by atoms with E-state index in [4.69, 9.17) is 17.3 Å². The second-order valence-electron chi connectivity index (χ2n) is 3.56. The molecule has 0 amide bonds. The number of aromatic nitrogens is 3. The molecule has 4 N–H and O–H groups in total. The zero-order valence-corrected chi connectivity index (χ0v) is 8.81. The van der Waals surface area contributed by atoms with E-state index in [1.165, 1.54) is 0 Å². The highest BCUT2D eigenvalue weighted by Gasteiger charge is 2.16. The van der Waals surface area contributed by atoms with Crippen molar-refractivity contribution in [1.82, 2.24) is 9.97 Å². The normalized spacial score (nSPS) is 11.4. The molecule has 0 atom stereocenters. The standard InChI is InChI=1S/C9H11ClN4/c1-4(2)5-3-12-8-6(5)7(10)13-9(11)14-8/h3-4H,1-2H3,(H3,11,12,13,14)/p+1. The Labute approximate surface area is 86.5 Å². The average molecular weight is 212 g/mol. The van der Waals surface area contributed by atoms with Gasteiger partial charge < -0.3 is 5.73 Å². The number of fused-ring (bicyclic) bond motifs is 1. The minimum Gasteiger partial charge on any atom is -0.308 e. The van der Waals surface area contributed by atoms with Crippen LogP contribution in [0, 0.1) is 0 Å². The molecule has 0 aliphatic carbocycles. The third-order valence-electron chi connectivity index (χ3n) is 2.21. The van der Waals surface area contributed by atoms with Gasteiger partial charge in [0.15, 0.2) is 0 Å². The Bertz CT molecular complexity index is 475. The van der Waals surface area contributed by atoms with Gasteiger partial charge in [-0.15, -0.1) is 0 Å². The molecule has 2 aromatic rings. The summed E-state index contributed by atoms with van der Waals surface area (Å²) >= 11 is 6.02. The third kappa shape index (κ3) is 1.32. The Hall–Kier alpha value is -1.29. The van der Waals surface area contributed by atoms with Gasteiger partial charge >= 0.3 is 5.95 Å². The molecule has 0 saturated heterocycles. The second kappa shape index (κ2) is 3.13. The van der Waals surface area contributed by atoms with Gasteiger partial charge in [-0.25, -0.2) is 4.98 Å². The van der Waals surface area contributed by atoms with Gasteiger partial charge in [-0.05, 0) is 23.1 Å². The number of halogens is 1. The van der Waals surface area contributed by atoms with Crippen LogP contribution in [0.2, 0.25) is 5.15 Å². The first-order chi connectivity index (χ1) is 6.59. The topological polar surface area (TPSA) is 68.8 Å². The summed E-state index contributed by atoms with van der Waals surface area (Å²) in [5.74, 6) is 0.722. The Morgan fingerprint density at radius 3 is 2.93 bits per heavy atom. The highest BCUT2D eigenvalue weighted by molar-refractivity contribution is 6.34. The second-order valence-corrected chi connectivity index (χ2v) is 3.92. The summed E-state index contributed by atoms with van der Waals surface area (Å²) in [6, 6.07) is 0. The van der Waals surface area contributed by atoms with Crippen molar-refractivity contribution in [2.75, 3.05) is 5.73 Å². The van der Waals surface area contributed by atoms with Gasteiger partial charge in [-0.3, -0.25) is 4.98 Å². The first-order valence-corrected chi connectivity index (χ1v) is 4.82. The molecule has 0 unspecified atom stereocenters. The van der Waals surface area contributed by atoms with E-state index in [2.05, 4.69) is 28.8 Å². The van der Waals surface area contributed by atoms with Crippen LogP contribution in [0.5, 0.6) is 0 Å². The minimum absolute atomic E-state index is 0.319. The lowest BCUT2D eigenvalue weighted by Gasteiger charge is -2.00. The van der Waals surface area contributed by atoms with Crippen molar-refractivity contribution in [3.63, 3.8) is 0 Å². The van der Waals surface area contributed by atoms with Crippen LogP contribution < -0.4 is 10.7 Å². The van der Waals surface area contributed by atoms with Gasteiger partial charge in [-0.1, -0.05) is 18.8 Å². The van der Waals surface area contributed by atoms with E-state index in [0.29, 0.717) is 17.0 Å². The van der Waals surface area contributed by atoms with E-state index in [-0.39, 0.29) is 0 Å². The van der Waals surface area contributed by atoms with Crippen molar-refractivity contribution in [1.29, 1.82) is 0 Å². The molecule has 2 rings (SSSR count). The number of nitrogen functional groups attached to an aromatic ring is 1. The number of anilines is 1. The van der Waals surface area contributed by atoms with Crippen molar-refractivity contribution in [3.05, 3.63) is 16.9 Å². The van der Waals surface area contributed by atoms with E-state index in [1.54, 1.807) is 0 Å². The SMILES string of the molecule is CC(C)c1c[nH]c2[nH+]c(N)nc(Cl)c12. The van der Waals surface area contributed by atoms with Crippen molar-refractivity contribution in [3.8, 4) is 0 Å². The lowest BCUT2D eigenvalue weighted by Crippen LogP contribution is -2.13. The van der Waals surface area contributed by atoms with E-state index in [0.717, 1.165) is 16.6 Å². The zero-order valence-electron chi connectivity index (χ0n) is 8.06. The number of H-pyrrole nitrogens is 2. The predicted molar refractivity (Wildman–Crippen MR) is 56.2 cm³/mol. The summed E-state index contributed by atoms with van der Waals surface area (Å²) in [6.45, 7) is 4.21. The molecule has 5 heteroatoms. The number of hydrogen-bond acceptors (Lipinski definition) is 2. The number of nitrogens with two attached hydrogens (primary N) is 1. The number of aromatic amines is 2. The van der Waals surface area contributed by atoms with Crippen LogP contribution in [0.1, 0.15) is 25.3 Å². The summed E-state index contributed by atoms with van der Waals surface area (Å²) in [7, 11) is 0. The van der Waals surface area contributed by atoms with Crippen LogP contribution in [0.15, 0.2) is 6.20 Å². The molecule has 2 heterocycles. The van der Waals surface area contributed by atoms with E-state index < -0.39 is 0 Å². The number of hydrogen-bond donors (Lipinski definition) is 2. The third-order valence-corrected chi connectivity index (χ3v) is 2.48. The Morgan fingerprint density at radius 1 is 1.57 bits per heavy atom. The van der Waals surface area contributed by atoms with Crippen molar-refractivity contribution in [2.24, 2.45) is 0 Å². The highest BCUT2D eigenvalue weighted by Crippen LogP contribution is 2.27. The van der Waals surface area contributed by atoms with Crippen molar-refractivity contribution < 1.29 is 4.98 Å². The van der Waals surface area contributed by atoms with Gasteiger partial charge in [-0.2, -0.15) is 0 Å². The highest BCUT2D eigenvalue weighted by atomic mass is 35.5. The lowest BCUT2D eigenvalue weighted by molar-refractivity contribution is -0.333. The van der Waals surface area contributed by atoms with E-state index >= 15 is 0 Å². The number of nitrogens with zero attached hydrogens (tertiary/aromatic N) is 1. The van der Waals surface area contributed by atoms with Crippen LogP contribution in [0.3, 0.4) is 0 Å². The van der Waals surface area contributed by atoms with Gasteiger partial charge in [0.25, 0.3) is 0 Å². The van der Waals surface area contributed by atoms with Gasteiger partial charge in [0.2, 0.25) is 10.8 Å². The number of rotatable bonds is 1. The van der Waals surface area contributed by atoms with Gasteiger partial charge in [0, 0.05) is 6.20 Å². The molecule has 0 fully saturated rings. The largest absolute Gasteiger partial charge is 0.343 e. The molecule has 14 heavy (non-hydrogen) atoms. The van der Waals surface area contributed by atoms with Crippen LogP contribution in [0.4, 0.5) is 5.95 Å². The summed E-state index contributed by atoms with van der Waals surface area (Å²) < 4.78 is 0. The molecule has 0 aromatic carbocycles. The van der Waals surface area contributed by atoms with Gasteiger partial charge in [0.1, 0.15) is 0 Å². The fourth-order valence-electron chi connectivity index (χ4n) is 1.53. The molecular formula is C9H12ClN4+. The minimum atomic E-state index is 0.319. The van der Waals surface area contributed by atoms with Crippen LogP contribution in [-0.4, -0.2) is 9.97 Å². The monoisotopic (exact) mass is 211 g/mol. The fourth-order valence-corrected chi connectivity index (χ4v) is 1.83. The molecule has 0 radical (unpaired) electrons. The maximum Gasteiger partial charge on any atom is 0.343 e. The molecule has 74 valence electrons. The Morgan fingerprint density at radius 2 is 2.29 bits per heavy atom. The maximum absolute atomic E-state index is 6.02. The van der Waals surface area contributed by atoms with Crippen LogP contribution >= 0.6 is 11.6 Å². The van der Waals surface area contributed by atoms with E-state index in [1.807, 2.05) is 6.20 Å². The molecule has 0 aliphatic rings. The molecule has 0 saturated carbocycles. The first-order valence-electron chi connectivity index (χ1n) is 4.45. The molecule has 4 nitrogen and oxygen atoms in total. The molecule has 0 spiro atoms. The average Bonchev–Trinajstić information content (AvgIpc) is 2.47.